The number of ether oxygens (including phenoxy) is 2. The van der Waals surface area contributed by atoms with Crippen molar-refractivity contribution in [1.29, 1.82) is 5.26 Å². The smallest absolute Gasteiger partial charge is 0.337 e. The van der Waals surface area contributed by atoms with Crippen LogP contribution in [0.2, 0.25) is 0 Å². The van der Waals surface area contributed by atoms with Crippen molar-refractivity contribution in [2.45, 2.75) is 13.5 Å². The van der Waals surface area contributed by atoms with Crippen LogP contribution in [0, 0.1) is 11.3 Å². The number of rotatable bonds is 1. The number of carbonyl (C=O) groups excluding carboxylic acids is 1. The van der Waals surface area contributed by atoms with Crippen molar-refractivity contribution in [2.24, 2.45) is 0 Å². The molecule has 0 atom stereocenters. The maximum Gasteiger partial charge on any atom is 0.337 e. The summed E-state index contributed by atoms with van der Waals surface area (Å²) in [6, 6.07) is 15.2. The van der Waals surface area contributed by atoms with E-state index >= 15 is 0 Å². The number of nitrogens with zero attached hydrogens (tertiary/aromatic N) is 1. The number of carbonyl (C=O) groups is 1. The normalized spacial score (nSPS) is 14.5. The molecule has 4 heteroatoms. The molecule has 0 unspecified atom stereocenters. The lowest BCUT2D eigenvalue weighted by atomic mass is 9.90. The first kappa shape index (κ1) is 14.9. The van der Waals surface area contributed by atoms with E-state index in [0.29, 0.717) is 23.5 Å². The minimum Gasteiger partial charge on any atom is -0.488 e. The van der Waals surface area contributed by atoms with Gasteiger partial charge in [0, 0.05) is 16.7 Å². The molecule has 1 heterocycles. The molecule has 23 heavy (non-hydrogen) atoms. The highest BCUT2D eigenvalue weighted by Crippen LogP contribution is 2.38. The van der Waals surface area contributed by atoms with Crippen LogP contribution in [0.15, 0.2) is 48.0 Å². The van der Waals surface area contributed by atoms with Crippen molar-refractivity contribution in [1.82, 2.24) is 0 Å². The van der Waals surface area contributed by atoms with E-state index in [-0.39, 0.29) is 0 Å². The molecule has 1 aliphatic rings. The van der Waals surface area contributed by atoms with Crippen LogP contribution in [0.5, 0.6) is 5.75 Å². The summed E-state index contributed by atoms with van der Waals surface area (Å²) in [5, 5.41) is 9.39. The molecule has 0 radical (unpaired) electrons. The van der Waals surface area contributed by atoms with Gasteiger partial charge in [0.2, 0.25) is 0 Å². The van der Waals surface area contributed by atoms with Gasteiger partial charge < -0.3 is 9.47 Å². The van der Waals surface area contributed by atoms with E-state index in [4.69, 9.17) is 9.47 Å². The summed E-state index contributed by atoms with van der Waals surface area (Å²) >= 11 is 0. The van der Waals surface area contributed by atoms with Crippen molar-refractivity contribution in [3.8, 4) is 11.8 Å². The van der Waals surface area contributed by atoms with Crippen LogP contribution in [0.3, 0.4) is 0 Å². The zero-order valence-corrected chi connectivity index (χ0v) is 12.9. The lowest BCUT2D eigenvalue weighted by molar-refractivity contribution is 0.0600. The molecule has 0 amide bonds. The Bertz CT molecular complexity index is 859. The monoisotopic (exact) mass is 305 g/mol. The third kappa shape index (κ3) is 2.58. The fourth-order valence-electron chi connectivity index (χ4n) is 2.74. The van der Waals surface area contributed by atoms with E-state index in [1.807, 2.05) is 24.3 Å². The Morgan fingerprint density at radius 1 is 1.22 bits per heavy atom. The Balaban J connectivity index is 2.25. The van der Waals surface area contributed by atoms with Crippen LogP contribution in [0.25, 0.3) is 5.57 Å². The summed E-state index contributed by atoms with van der Waals surface area (Å²) in [4.78, 5) is 11.7. The van der Waals surface area contributed by atoms with E-state index in [0.717, 1.165) is 22.3 Å². The Morgan fingerprint density at radius 2 is 2.00 bits per heavy atom. The number of benzene rings is 2. The minimum absolute atomic E-state index is 0.385. The Hall–Kier alpha value is -3.06. The van der Waals surface area contributed by atoms with Crippen molar-refractivity contribution in [3.63, 3.8) is 0 Å². The molecule has 2 aromatic carbocycles. The number of nitriles is 1. The van der Waals surface area contributed by atoms with Crippen molar-refractivity contribution < 1.29 is 14.3 Å². The van der Waals surface area contributed by atoms with Gasteiger partial charge in [-0.15, -0.1) is 0 Å². The lowest BCUT2D eigenvalue weighted by Crippen LogP contribution is -2.03. The first-order valence-corrected chi connectivity index (χ1v) is 7.20. The van der Waals surface area contributed by atoms with Gasteiger partial charge in [-0.3, -0.25) is 0 Å². The summed E-state index contributed by atoms with van der Waals surface area (Å²) in [6.45, 7) is 2.17. The SMILES string of the molecule is COC(=O)c1ccc2c(c1)OCc1ccccc1C2=C(C)C#N. The van der Waals surface area contributed by atoms with Crippen LogP contribution < -0.4 is 4.74 Å². The van der Waals surface area contributed by atoms with Crippen molar-refractivity contribution in [2.75, 3.05) is 7.11 Å². The molecule has 0 saturated heterocycles. The summed E-state index contributed by atoms with van der Waals surface area (Å²) < 4.78 is 10.6. The highest BCUT2D eigenvalue weighted by atomic mass is 16.5. The largest absolute Gasteiger partial charge is 0.488 e. The maximum atomic E-state index is 11.7. The Morgan fingerprint density at radius 3 is 2.74 bits per heavy atom. The molecule has 0 aromatic heterocycles. The number of fused-ring (bicyclic) bond motifs is 2. The van der Waals surface area contributed by atoms with Gasteiger partial charge in [-0.25, -0.2) is 4.79 Å². The van der Waals surface area contributed by atoms with Crippen molar-refractivity contribution >= 4 is 11.5 Å². The average Bonchev–Trinajstić information content (AvgIpc) is 2.76. The molecule has 114 valence electrons. The fraction of sp³-hybridized carbons (Fsp3) is 0.158. The van der Waals surface area contributed by atoms with Gasteiger partial charge in [0.25, 0.3) is 0 Å². The zero-order chi connectivity index (χ0) is 16.4. The molecule has 4 nitrogen and oxygen atoms in total. The van der Waals surface area contributed by atoms with E-state index < -0.39 is 5.97 Å². The zero-order valence-electron chi connectivity index (χ0n) is 12.9. The molecule has 3 rings (SSSR count). The fourth-order valence-corrected chi connectivity index (χ4v) is 2.74. The molecule has 0 aliphatic carbocycles. The van der Waals surface area contributed by atoms with Crippen molar-refractivity contribution in [3.05, 3.63) is 70.3 Å². The van der Waals surface area contributed by atoms with E-state index in [1.54, 1.807) is 25.1 Å². The van der Waals surface area contributed by atoms with Gasteiger partial charge in [-0.05, 0) is 36.2 Å². The topological polar surface area (TPSA) is 59.3 Å². The maximum absolute atomic E-state index is 11.7. The number of allylic oxidation sites excluding steroid dienone is 1. The quantitative estimate of drug-likeness (QED) is 0.595. The summed E-state index contributed by atoms with van der Waals surface area (Å²) in [5.74, 6) is 0.161. The van der Waals surface area contributed by atoms with Gasteiger partial charge >= 0.3 is 5.97 Å². The highest BCUT2D eigenvalue weighted by molar-refractivity contribution is 5.93. The third-order valence-corrected chi connectivity index (χ3v) is 3.88. The van der Waals surface area contributed by atoms with E-state index in [2.05, 4.69) is 6.07 Å². The molecule has 1 aliphatic heterocycles. The van der Waals surface area contributed by atoms with E-state index in [9.17, 15) is 10.1 Å². The second kappa shape index (κ2) is 5.98. The molecule has 0 fully saturated rings. The van der Waals surface area contributed by atoms with Crippen LogP contribution >= 0.6 is 0 Å². The highest BCUT2D eigenvalue weighted by Gasteiger charge is 2.22. The molecular formula is C19H15NO3. The van der Waals surface area contributed by atoms with Crippen LogP contribution in [0.4, 0.5) is 0 Å². The molecule has 0 saturated carbocycles. The Kier molecular flexibility index (Phi) is 3.86. The van der Waals surface area contributed by atoms with Crippen LogP contribution in [0.1, 0.15) is 34.0 Å². The predicted molar refractivity (Wildman–Crippen MR) is 85.9 cm³/mol. The summed E-state index contributed by atoms with van der Waals surface area (Å²) in [6.07, 6.45) is 0. The van der Waals surface area contributed by atoms with Gasteiger partial charge in [-0.2, -0.15) is 5.26 Å². The van der Waals surface area contributed by atoms with Crippen LogP contribution in [-0.4, -0.2) is 13.1 Å². The lowest BCUT2D eigenvalue weighted by Gasteiger charge is -2.12. The molecule has 0 spiro atoms. The van der Waals surface area contributed by atoms with Crippen LogP contribution in [-0.2, 0) is 11.3 Å². The number of hydrogen-bond acceptors (Lipinski definition) is 4. The summed E-state index contributed by atoms with van der Waals surface area (Å²) in [7, 11) is 1.34. The van der Waals surface area contributed by atoms with Gasteiger partial charge in [0.05, 0.1) is 18.7 Å². The Labute approximate surface area is 134 Å². The molecule has 0 bridgehead atoms. The molecule has 0 N–H and O–H groups in total. The predicted octanol–water partition coefficient (Wildman–Crippen LogP) is 3.71. The van der Waals surface area contributed by atoms with Gasteiger partial charge in [-0.1, -0.05) is 24.3 Å². The standard InChI is InChI=1S/C19H15NO3/c1-12(10-20)18-15-6-4-3-5-14(15)11-23-17-9-13(19(21)22-2)7-8-16(17)18/h3-9H,11H2,1-2H3. The minimum atomic E-state index is -0.416. The molecule has 2 aromatic rings. The number of esters is 1. The van der Waals surface area contributed by atoms with Gasteiger partial charge in [0.15, 0.2) is 0 Å². The third-order valence-electron chi connectivity index (χ3n) is 3.88. The number of hydrogen-bond donors (Lipinski definition) is 0. The number of methoxy groups -OCH3 is 1. The first-order chi connectivity index (χ1) is 11.2. The van der Waals surface area contributed by atoms with E-state index in [1.165, 1.54) is 7.11 Å². The first-order valence-electron chi connectivity index (χ1n) is 7.20. The average molecular weight is 305 g/mol. The second-order valence-corrected chi connectivity index (χ2v) is 5.26. The summed E-state index contributed by atoms with van der Waals surface area (Å²) in [5.41, 5.74) is 4.67. The molecular weight excluding hydrogens is 290 g/mol. The second-order valence-electron chi connectivity index (χ2n) is 5.26. The van der Waals surface area contributed by atoms with Gasteiger partial charge in [0.1, 0.15) is 12.4 Å².